The van der Waals surface area contributed by atoms with Crippen LogP contribution in [0.5, 0.6) is 0 Å². The van der Waals surface area contributed by atoms with E-state index in [-0.39, 0.29) is 0 Å². The van der Waals surface area contributed by atoms with Crippen molar-refractivity contribution in [2.45, 2.75) is 53.4 Å². The van der Waals surface area contributed by atoms with Crippen molar-refractivity contribution in [1.82, 2.24) is 0 Å². The summed E-state index contributed by atoms with van der Waals surface area (Å²) in [7, 11) is 0. The molecule has 0 fully saturated rings. The third-order valence-electron chi connectivity index (χ3n) is 3.68. The maximum absolute atomic E-state index is 6.00. The summed E-state index contributed by atoms with van der Waals surface area (Å²) in [5.41, 5.74) is 5.71. The molecule has 2 aromatic carbocycles. The zero-order valence-corrected chi connectivity index (χ0v) is 14.3. The summed E-state index contributed by atoms with van der Waals surface area (Å²) in [6.07, 6.45) is 4.57. The van der Waals surface area contributed by atoms with E-state index in [1.807, 2.05) is 0 Å². The molecule has 2 nitrogen and oxygen atoms in total. The standard InChI is InChI=1S/2C10H14.H2O2/c2*1-3-9-5-7-10(4-2)8-6-9;1-2/h2*5-8H,3-4H2,1-2H3;1-2H. The van der Waals surface area contributed by atoms with Gasteiger partial charge in [-0.1, -0.05) is 76.2 Å². The van der Waals surface area contributed by atoms with Crippen LogP contribution in [-0.2, 0) is 25.7 Å². The first-order valence-electron chi connectivity index (χ1n) is 8.09. The molecule has 2 heteroatoms. The molecule has 22 heavy (non-hydrogen) atoms. The molecule has 0 aliphatic rings. The molecule has 0 amide bonds. The van der Waals surface area contributed by atoms with Gasteiger partial charge in [0.2, 0.25) is 0 Å². The molecule has 0 atom stereocenters. The van der Waals surface area contributed by atoms with Crippen LogP contribution in [0.2, 0.25) is 0 Å². The second-order valence-corrected chi connectivity index (χ2v) is 5.05. The van der Waals surface area contributed by atoms with Gasteiger partial charge in [-0.15, -0.1) is 0 Å². The van der Waals surface area contributed by atoms with Crippen molar-refractivity contribution in [3.05, 3.63) is 70.8 Å². The average Bonchev–Trinajstić information content (AvgIpc) is 2.64. The summed E-state index contributed by atoms with van der Waals surface area (Å²) >= 11 is 0. The van der Waals surface area contributed by atoms with Crippen molar-refractivity contribution in [3.63, 3.8) is 0 Å². The highest BCUT2D eigenvalue weighted by molar-refractivity contribution is 5.22. The lowest BCUT2D eigenvalue weighted by Crippen LogP contribution is -1.81. The van der Waals surface area contributed by atoms with E-state index in [9.17, 15) is 0 Å². The number of aryl methyl sites for hydroxylation is 4. The molecular weight excluding hydrogens is 272 g/mol. The van der Waals surface area contributed by atoms with Crippen molar-refractivity contribution in [2.24, 2.45) is 0 Å². The summed E-state index contributed by atoms with van der Waals surface area (Å²) < 4.78 is 0. The normalized spacial score (nSPS) is 9.18. The van der Waals surface area contributed by atoms with Crippen LogP contribution in [0.3, 0.4) is 0 Å². The third kappa shape index (κ3) is 7.96. The van der Waals surface area contributed by atoms with Crippen molar-refractivity contribution >= 4 is 0 Å². The molecule has 0 saturated heterocycles. The van der Waals surface area contributed by atoms with Crippen LogP contribution in [0.25, 0.3) is 0 Å². The smallest absolute Gasteiger partial charge is 0.0307 e. The monoisotopic (exact) mass is 302 g/mol. The van der Waals surface area contributed by atoms with Gasteiger partial charge in [-0.25, -0.2) is 0 Å². The van der Waals surface area contributed by atoms with Crippen LogP contribution < -0.4 is 0 Å². The molecule has 0 radical (unpaired) electrons. The number of rotatable bonds is 4. The Hall–Kier alpha value is -1.64. The Kier molecular flexibility index (Phi) is 12.1. The largest absolute Gasteiger partial charge is 0.255 e. The SMILES string of the molecule is CCc1ccc(CC)cc1.CCc1ccc(CC)cc1.OO. The molecule has 2 N–H and O–H groups in total. The maximum atomic E-state index is 6.00. The molecule has 0 unspecified atom stereocenters. The van der Waals surface area contributed by atoms with Crippen molar-refractivity contribution < 1.29 is 10.5 Å². The fourth-order valence-electron chi connectivity index (χ4n) is 2.02. The Balaban J connectivity index is 0.000000360. The summed E-state index contributed by atoms with van der Waals surface area (Å²) in [5.74, 6) is 0. The third-order valence-corrected chi connectivity index (χ3v) is 3.68. The molecule has 0 bridgehead atoms. The van der Waals surface area contributed by atoms with E-state index >= 15 is 0 Å². The van der Waals surface area contributed by atoms with Gasteiger partial charge < -0.3 is 0 Å². The minimum absolute atomic E-state index is 1.14. The lowest BCUT2D eigenvalue weighted by Gasteiger charge is -1.97. The van der Waals surface area contributed by atoms with Crippen LogP contribution in [0.15, 0.2) is 48.5 Å². The molecular formula is C20H30O2. The minimum Gasteiger partial charge on any atom is -0.255 e. The first-order chi connectivity index (χ1) is 10.7. The van der Waals surface area contributed by atoms with Gasteiger partial charge in [-0.2, -0.15) is 0 Å². The average molecular weight is 302 g/mol. The zero-order chi connectivity index (χ0) is 16.8. The van der Waals surface area contributed by atoms with Crippen molar-refractivity contribution in [3.8, 4) is 0 Å². The molecule has 2 aromatic rings. The molecule has 0 heterocycles. The predicted molar refractivity (Wildman–Crippen MR) is 95.7 cm³/mol. The molecule has 0 aliphatic heterocycles. The van der Waals surface area contributed by atoms with Gasteiger partial charge in [0.1, 0.15) is 0 Å². The maximum Gasteiger partial charge on any atom is -0.0307 e. The summed E-state index contributed by atoms with van der Waals surface area (Å²) in [5, 5.41) is 12.0. The van der Waals surface area contributed by atoms with Gasteiger partial charge in [0.15, 0.2) is 0 Å². The molecule has 0 aliphatic carbocycles. The van der Waals surface area contributed by atoms with E-state index < -0.39 is 0 Å². The summed E-state index contributed by atoms with van der Waals surface area (Å²) in [4.78, 5) is 0. The Labute approximate surface area is 135 Å². The van der Waals surface area contributed by atoms with Gasteiger partial charge in [0, 0.05) is 0 Å². The Morgan fingerprint density at radius 1 is 0.455 bits per heavy atom. The number of hydrogen-bond acceptors (Lipinski definition) is 2. The Morgan fingerprint density at radius 3 is 0.682 bits per heavy atom. The van der Waals surface area contributed by atoms with E-state index in [1.165, 1.54) is 22.3 Å². The van der Waals surface area contributed by atoms with Crippen LogP contribution in [0, 0.1) is 0 Å². The van der Waals surface area contributed by atoms with E-state index in [1.54, 1.807) is 0 Å². The fraction of sp³-hybridized carbons (Fsp3) is 0.400. The first kappa shape index (κ1) is 20.4. The van der Waals surface area contributed by atoms with Crippen molar-refractivity contribution in [1.29, 1.82) is 0 Å². The minimum atomic E-state index is 1.14. The highest BCUT2D eigenvalue weighted by Gasteiger charge is 1.89. The van der Waals surface area contributed by atoms with Gasteiger partial charge in [-0.05, 0) is 47.9 Å². The van der Waals surface area contributed by atoms with Gasteiger partial charge in [-0.3, -0.25) is 10.5 Å². The van der Waals surface area contributed by atoms with E-state index in [0.29, 0.717) is 0 Å². The second-order valence-electron chi connectivity index (χ2n) is 5.05. The van der Waals surface area contributed by atoms with Gasteiger partial charge in [0.25, 0.3) is 0 Å². The number of benzene rings is 2. The van der Waals surface area contributed by atoms with Crippen molar-refractivity contribution in [2.75, 3.05) is 0 Å². The van der Waals surface area contributed by atoms with E-state index in [0.717, 1.165) is 25.7 Å². The van der Waals surface area contributed by atoms with Crippen LogP contribution >= 0.6 is 0 Å². The topological polar surface area (TPSA) is 40.5 Å². The van der Waals surface area contributed by atoms with Crippen LogP contribution in [0.1, 0.15) is 49.9 Å². The highest BCUT2D eigenvalue weighted by atomic mass is 17.0. The quantitative estimate of drug-likeness (QED) is 0.566. The molecule has 0 spiro atoms. The van der Waals surface area contributed by atoms with E-state index in [2.05, 4.69) is 76.2 Å². The number of hydrogen-bond donors (Lipinski definition) is 2. The molecule has 0 saturated carbocycles. The first-order valence-corrected chi connectivity index (χ1v) is 8.09. The fourth-order valence-corrected chi connectivity index (χ4v) is 2.02. The molecule has 0 aromatic heterocycles. The summed E-state index contributed by atoms with van der Waals surface area (Å²) in [6, 6.07) is 17.7. The molecule has 2 rings (SSSR count). The van der Waals surface area contributed by atoms with Crippen LogP contribution in [-0.4, -0.2) is 10.5 Å². The second kappa shape index (κ2) is 13.1. The highest BCUT2D eigenvalue weighted by Crippen LogP contribution is 2.05. The lowest BCUT2D eigenvalue weighted by atomic mass is 10.1. The van der Waals surface area contributed by atoms with E-state index in [4.69, 9.17) is 10.5 Å². The van der Waals surface area contributed by atoms with Gasteiger partial charge in [0.05, 0.1) is 0 Å². The summed E-state index contributed by atoms with van der Waals surface area (Å²) in [6.45, 7) is 8.73. The molecule has 122 valence electrons. The Morgan fingerprint density at radius 2 is 0.591 bits per heavy atom. The Bertz CT molecular complexity index is 379. The zero-order valence-electron chi connectivity index (χ0n) is 14.3. The predicted octanol–water partition coefficient (Wildman–Crippen LogP) is 5.64. The van der Waals surface area contributed by atoms with Gasteiger partial charge >= 0.3 is 0 Å². The van der Waals surface area contributed by atoms with Crippen LogP contribution in [0.4, 0.5) is 0 Å². The lowest BCUT2D eigenvalue weighted by molar-refractivity contribution is -0.176.